The Morgan fingerprint density at radius 1 is 1.14 bits per heavy atom. The highest BCUT2D eigenvalue weighted by atomic mass is 16.5. The van der Waals surface area contributed by atoms with Crippen LogP contribution < -0.4 is 4.74 Å². The molecule has 1 atom stereocenters. The molecule has 1 aromatic carbocycles. The first-order chi connectivity index (χ1) is 10.6. The fourth-order valence-electron chi connectivity index (χ4n) is 2.75. The lowest BCUT2D eigenvalue weighted by atomic mass is 10.1. The van der Waals surface area contributed by atoms with E-state index in [1.165, 1.54) is 5.56 Å². The number of aliphatic hydroxyl groups excluding tert-OH is 2. The van der Waals surface area contributed by atoms with Crippen LogP contribution in [0.25, 0.3) is 0 Å². The summed E-state index contributed by atoms with van der Waals surface area (Å²) in [6.07, 6.45) is -0.482. The van der Waals surface area contributed by atoms with E-state index in [1.54, 1.807) is 0 Å². The number of nitrogens with zero attached hydrogens (tertiary/aromatic N) is 2. The quantitative estimate of drug-likeness (QED) is 0.775. The van der Waals surface area contributed by atoms with Crippen molar-refractivity contribution in [2.75, 3.05) is 52.5 Å². The zero-order chi connectivity index (χ0) is 15.9. The van der Waals surface area contributed by atoms with Crippen molar-refractivity contribution in [1.82, 2.24) is 9.80 Å². The van der Waals surface area contributed by atoms with Crippen molar-refractivity contribution in [3.63, 3.8) is 0 Å². The maximum atomic E-state index is 10.2. The number of rotatable bonds is 7. The molecule has 0 radical (unpaired) electrons. The lowest BCUT2D eigenvalue weighted by Crippen LogP contribution is -2.49. The number of hydrogen-bond acceptors (Lipinski definition) is 5. The zero-order valence-electron chi connectivity index (χ0n) is 13.7. The second kappa shape index (κ2) is 8.48. The Kier molecular flexibility index (Phi) is 6.64. The molecular formula is C17H28N2O3. The molecule has 0 spiro atoms. The van der Waals surface area contributed by atoms with Crippen molar-refractivity contribution >= 4 is 0 Å². The van der Waals surface area contributed by atoms with E-state index in [1.807, 2.05) is 19.1 Å². The first-order valence-electron chi connectivity index (χ1n) is 8.03. The molecule has 5 nitrogen and oxygen atoms in total. The predicted octanol–water partition coefficient (Wildman–Crippen LogP) is 0.653. The molecule has 22 heavy (non-hydrogen) atoms. The van der Waals surface area contributed by atoms with Crippen molar-refractivity contribution in [3.05, 3.63) is 29.3 Å². The lowest BCUT2D eigenvalue weighted by molar-refractivity contribution is 0.0427. The zero-order valence-corrected chi connectivity index (χ0v) is 13.7. The van der Waals surface area contributed by atoms with Gasteiger partial charge in [0.25, 0.3) is 0 Å². The average molecular weight is 308 g/mol. The standard InChI is InChI=1S/C17H28N2O3/c1-14-4-3-5-17(15(14)2)22-13-16(21)12-19-8-6-18(7-9-19)10-11-20/h3-5,16,20-21H,6-13H2,1-2H3. The monoisotopic (exact) mass is 308 g/mol. The Bertz CT molecular complexity index is 459. The van der Waals surface area contributed by atoms with Gasteiger partial charge in [0.05, 0.1) is 6.61 Å². The number of aliphatic hydroxyl groups is 2. The van der Waals surface area contributed by atoms with Crippen molar-refractivity contribution in [1.29, 1.82) is 0 Å². The van der Waals surface area contributed by atoms with Crippen LogP contribution >= 0.6 is 0 Å². The molecule has 1 heterocycles. The van der Waals surface area contributed by atoms with Crippen LogP contribution in [0.15, 0.2) is 18.2 Å². The highest BCUT2D eigenvalue weighted by Gasteiger charge is 2.19. The Balaban J connectivity index is 1.72. The van der Waals surface area contributed by atoms with E-state index in [0.29, 0.717) is 13.2 Å². The lowest BCUT2D eigenvalue weighted by Gasteiger charge is -2.35. The number of ether oxygens (including phenoxy) is 1. The summed E-state index contributed by atoms with van der Waals surface area (Å²) in [6, 6.07) is 5.98. The summed E-state index contributed by atoms with van der Waals surface area (Å²) in [4.78, 5) is 4.50. The highest BCUT2D eigenvalue weighted by Crippen LogP contribution is 2.20. The van der Waals surface area contributed by atoms with Crippen LogP contribution in [0.1, 0.15) is 11.1 Å². The first kappa shape index (κ1) is 17.2. The maximum absolute atomic E-state index is 10.2. The largest absolute Gasteiger partial charge is 0.491 e. The van der Waals surface area contributed by atoms with Gasteiger partial charge in [-0.05, 0) is 31.0 Å². The number of β-amino-alcohol motifs (C(OH)–C–C–N with tert-alkyl or cyclic N) is 2. The molecule has 1 aliphatic heterocycles. The Labute approximate surface area is 133 Å². The molecule has 1 fully saturated rings. The molecular weight excluding hydrogens is 280 g/mol. The van der Waals surface area contributed by atoms with Crippen LogP contribution in [0.4, 0.5) is 0 Å². The molecule has 1 aromatic rings. The molecule has 0 aromatic heterocycles. The number of hydrogen-bond donors (Lipinski definition) is 2. The van der Waals surface area contributed by atoms with E-state index in [4.69, 9.17) is 9.84 Å². The van der Waals surface area contributed by atoms with Gasteiger partial charge in [-0.1, -0.05) is 12.1 Å². The van der Waals surface area contributed by atoms with Crippen LogP contribution in [0.5, 0.6) is 5.75 Å². The van der Waals surface area contributed by atoms with Crippen molar-refractivity contribution in [2.24, 2.45) is 0 Å². The fraction of sp³-hybridized carbons (Fsp3) is 0.647. The van der Waals surface area contributed by atoms with E-state index in [0.717, 1.165) is 44.0 Å². The fourth-order valence-corrected chi connectivity index (χ4v) is 2.75. The van der Waals surface area contributed by atoms with Gasteiger partial charge in [-0.25, -0.2) is 0 Å². The van der Waals surface area contributed by atoms with Crippen LogP contribution in [-0.2, 0) is 0 Å². The molecule has 1 saturated heterocycles. The number of aryl methyl sites for hydroxylation is 1. The van der Waals surface area contributed by atoms with Gasteiger partial charge < -0.3 is 14.9 Å². The van der Waals surface area contributed by atoms with Crippen LogP contribution in [0.3, 0.4) is 0 Å². The van der Waals surface area contributed by atoms with Crippen LogP contribution in [0.2, 0.25) is 0 Å². The third-order valence-electron chi connectivity index (χ3n) is 4.34. The molecule has 1 unspecified atom stereocenters. The molecule has 0 bridgehead atoms. The highest BCUT2D eigenvalue weighted by molar-refractivity contribution is 5.38. The normalized spacial score (nSPS) is 18.4. The van der Waals surface area contributed by atoms with Gasteiger partial charge in [-0.2, -0.15) is 0 Å². The summed E-state index contributed by atoms with van der Waals surface area (Å²) in [5.74, 6) is 0.854. The van der Waals surface area contributed by atoms with Gasteiger partial charge in [0.15, 0.2) is 0 Å². The minimum Gasteiger partial charge on any atom is -0.491 e. The van der Waals surface area contributed by atoms with Gasteiger partial charge in [0.1, 0.15) is 18.5 Å². The minimum absolute atomic E-state index is 0.215. The second-order valence-electron chi connectivity index (χ2n) is 6.03. The minimum atomic E-state index is -0.482. The molecule has 124 valence electrons. The summed E-state index contributed by atoms with van der Waals surface area (Å²) >= 11 is 0. The summed E-state index contributed by atoms with van der Waals surface area (Å²) in [5, 5.41) is 19.1. The topological polar surface area (TPSA) is 56.2 Å². The Hall–Kier alpha value is -1.14. The van der Waals surface area contributed by atoms with Gasteiger partial charge in [-0.15, -0.1) is 0 Å². The average Bonchev–Trinajstić information content (AvgIpc) is 2.51. The smallest absolute Gasteiger partial charge is 0.122 e. The molecule has 1 aliphatic rings. The summed E-state index contributed by atoms with van der Waals surface area (Å²) in [7, 11) is 0. The third kappa shape index (κ3) is 4.95. The van der Waals surface area contributed by atoms with Gasteiger partial charge in [0, 0.05) is 39.3 Å². The van der Waals surface area contributed by atoms with Crippen LogP contribution in [0, 0.1) is 13.8 Å². The SMILES string of the molecule is Cc1cccc(OCC(O)CN2CCN(CCO)CC2)c1C. The van der Waals surface area contributed by atoms with E-state index in [2.05, 4.69) is 22.8 Å². The van der Waals surface area contributed by atoms with Crippen molar-refractivity contribution in [2.45, 2.75) is 20.0 Å². The summed E-state index contributed by atoms with van der Waals surface area (Å²) < 4.78 is 5.76. The molecule has 2 N–H and O–H groups in total. The Morgan fingerprint density at radius 3 is 2.50 bits per heavy atom. The molecule has 0 aliphatic carbocycles. The number of benzene rings is 1. The summed E-state index contributed by atoms with van der Waals surface area (Å²) in [5.41, 5.74) is 2.33. The summed E-state index contributed by atoms with van der Waals surface area (Å²) in [6.45, 7) is 9.77. The van der Waals surface area contributed by atoms with Crippen LogP contribution in [-0.4, -0.2) is 78.6 Å². The molecule has 0 amide bonds. The predicted molar refractivity (Wildman–Crippen MR) is 87.4 cm³/mol. The van der Waals surface area contributed by atoms with E-state index in [-0.39, 0.29) is 6.61 Å². The van der Waals surface area contributed by atoms with E-state index < -0.39 is 6.10 Å². The van der Waals surface area contributed by atoms with Gasteiger partial charge >= 0.3 is 0 Å². The molecule has 0 saturated carbocycles. The van der Waals surface area contributed by atoms with Gasteiger partial charge in [0.2, 0.25) is 0 Å². The maximum Gasteiger partial charge on any atom is 0.122 e. The second-order valence-corrected chi connectivity index (χ2v) is 6.03. The first-order valence-corrected chi connectivity index (χ1v) is 8.03. The third-order valence-corrected chi connectivity index (χ3v) is 4.34. The molecule has 5 heteroatoms. The van der Waals surface area contributed by atoms with E-state index in [9.17, 15) is 5.11 Å². The Morgan fingerprint density at radius 2 is 1.82 bits per heavy atom. The van der Waals surface area contributed by atoms with Gasteiger partial charge in [-0.3, -0.25) is 9.80 Å². The van der Waals surface area contributed by atoms with E-state index >= 15 is 0 Å². The van der Waals surface area contributed by atoms with Crippen molar-refractivity contribution in [3.8, 4) is 5.75 Å². The molecule has 2 rings (SSSR count). The van der Waals surface area contributed by atoms with Crippen molar-refractivity contribution < 1.29 is 14.9 Å². The number of piperazine rings is 1.